The molecule has 0 atom stereocenters. The molecule has 0 saturated carbocycles. The number of rotatable bonds is 6. The van der Waals surface area contributed by atoms with E-state index in [-0.39, 0.29) is 48.1 Å². The average Bonchev–Trinajstić information content (AvgIpc) is 2.64. The molecule has 0 bridgehead atoms. The zero-order valence-electron chi connectivity index (χ0n) is 16.2. The highest BCUT2D eigenvalue weighted by Gasteiger charge is 2.28. The first-order chi connectivity index (χ1) is 12.8. The normalized spacial score (nSPS) is 14.3. The van der Waals surface area contributed by atoms with Crippen molar-refractivity contribution in [3.05, 3.63) is 34.9 Å². The van der Waals surface area contributed by atoms with Gasteiger partial charge in [0.05, 0.1) is 12.1 Å². The van der Waals surface area contributed by atoms with Gasteiger partial charge in [0.2, 0.25) is 5.91 Å². The van der Waals surface area contributed by atoms with Gasteiger partial charge in [-0.05, 0) is 38.0 Å². The van der Waals surface area contributed by atoms with Crippen molar-refractivity contribution in [3.8, 4) is 11.5 Å². The number of aromatic hydroxyl groups is 1. The first kappa shape index (κ1) is 20.5. The summed E-state index contributed by atoms with van der Waals surface area (Å²) in [6.07, 6.45) is 1.05. The van der Waals surface area contributed by atoms with Crippen LogP contribution in [0.15, 0.2) is 29.3 Å². The van der Waals surface area contributed by atoms with Gasteiger partial charge in [0.25, 0.3) is 5.91 Å². The van der Waals surface area contributed by atoms with Crippen LogP contribution in [0.25, 0.3) is 0 Å². The average molecular weight is 374 g/mol. The Labute approximate surface area is 159 Å². The van der Waals surface area contributed by atoms with Crippen molar-refractivity contribution in [2.45, 2.75) is 33.2 Å². The van der Waals surface area contributed by atoms with Crippen LogP contribution in [-0.2, 0) is 9.59 Å². The summed E-state index contributed by atoms with van der Waals surface area (Å²) in [4.78, 5) is 39.1. The number of carbonyl (C=O) groups excluding carboxylic acids is 3. The fourth-order valence-corrected chi connectivity index (χ4v) is 2.84. The molecule has 2 rings (SSSR count). The predicted octanol–water partition coefficient (Wildman–Crippen LogP) is 2.00. The fraction of sp³-hybridized carbons (Fsp3) is 0.450. The summed E-state index contributed by atoms with van der Waals surface area (Å²) in [6, 6.07) is 4.61. The third kappa shape index (κ3) is 4.67. The number of carbonyl (C=O) groups is 3. The van der Waals surface area contributed by atoms with Crippen molar-refractivity contribution in [2.75, 3.05) is 26.7 Å². The lowest BCUT2D eigenvalue weighted by Crippen LogP contribution is -2.43. The van der Waals surface area contributed by atoms with E-state index in [2.05, 4.69) is 0 Å². The lowest BCUT2D eigenvalue weighted by molar-refractivity contribution is -0.130. The lowest BCUT2D eigenvalue weighted by Gasteiger charge is -2.32. The number of benzene rings is 1. The van der Waals surface area contributed by atoms with Crippen molar-refractivity contribution < 1.29 is 24.2 Å². The Morgan fingerprint density at radius 3 is 2.67 bits per heavy atom. The van der Waals surface area contributed by atoms with Crippen LogP contribution in [-0.4, -0.2) is 65.8 Å². The minimum Gasteiger partial charge on any atom is -0.507 e. The maximum absolute atomic E-state index is 12.9. The van der Waals surface area contributed by atoms with Gasteiger partial charge in [-0.25, -0.2) is 0 Å². The van der Waals surface area contributed by atoms with Crippen LogP contribution in [0.5, 0.6) is 11.5 Å². The molecule has 0 aliphatic carbocycles. The SMILES string of the molecule is CC(=O)N1CCC(COc2cccc(O)c2C=O)=C(C(=O)N(C)C(C)C)C1. The van der Waals surface area contributed by atoms with Crippen LogP contribution in [0.2, 0.25) is 0 Å². The molecular formula is C20H26N2O5. The molecule has 1 aromatic rings. The zero-order valence-corrected chi connectivity index (χ0v) is 16.2. The molecule has 0 radical (unpaired) electrons. The van der Waals surface area contributed by atoms with Crippen LogP contribution in [0.1, 0.15) is 37.6 Å². The van der Waals surface area contributed by atoms with Gasteiger partial charge in [0.15, 0.2) is 6.29 Å². The topological polar surface area (TPSA) is 87.1 Å². The molecule has 27 heavy (non-hydrogen) atoms. The van der Waals surface area contributed by atoms with Gasteiger partial charge in [-0.2, -0.15) is 0 Å². The molecule has 0 unspecified atom stereocenters. The summed E-state index contributed by atoms with van der Waals surface area (Å²) in [5, 5.41) is 9.77. The van der Waals surface area contributed by atoms with Crippen LogP contribution in [0, 0.1) is 0 Å². The van der Waals surface area contributed by atoms with Gasteiger partial charge in [-0.1, -0.05) is 6.07 Å². The first-order valence-electron chi connectivity index (χ1n) is 8.89. The molecule has 1 aliphatic rings. The maximum Gasteiger partial charge on any atom is 0.251 e. The molecule has 1 aromatic carbocycles. The molecule has 7 nitrogen and oxygen atoms in total. The Morgan fingerprint density at radius 2 is 2.07 bits per heavy atom. The molecule has 1 aliphatic heterocycles. The predicted molar refractivity (Wildman–Crippen MR) is 101 cm³/mol. The summed E-state index contributed by atoms with van der Waals surface area (Å²) in [7, 11) is 1.73. The van der Waals surface area contributed by atoms with E-state index in [4.69, 9.17) is 4.74 Å². The number of likely N-dealkylation sites (N-methyl/N-ethyl adjacent to an activating group) is 1. The van der Waals surface area contributed by atoms with Gasteiger partial charge < -0.3 is 19.6 Å². The number of aldehydes is 1. The molecule has 1 N–H and O–H groups in total. The van der Waals surface area contributed by atoms with E-state index in [1.165, 1.54) is 13.0 Å². The molecular weight excluding hydrogens is 348 g/mol. The number of nitrogens with zero attached hydrogens (tertiary/aromatic N) is 2. The van der Waals surface area contributed by atoms with E-state index in [1.54, 1.807) is 29.0 Å². The van der Waals surface area contributed by atoms with E-state index in [1.807, 2.05) is 13.8 Å². The Hall–Kier alpha value is -2.83. The molecule has 0 spiro atoms. The Kier molecular flexibility index (Phi) is 6.60. The minimum absolute atomic E-state index is 0.0209. The first-order valence-corrected chi connectivity index (χ1v) is 8.89. The van der Waals surface area contributed by atoms with Gasteiger partial charge >= 0.3 is 0 Å². The number of phenolic OH excluding ortho intramolecular Hbond substituents is 1. The highest BCUT2D eigenvalue weighted by atomic mass is 16.5. The fourth-order valence-electron chi connectivity index (χ4n) is 2.84. The van der Waals surface area contributed by atoms with Gasteiger partial charge in [0, 0.05) is 32.1 Å². The van der Waals surface area contributed by atoms with Crippen molar-refractivity contribution in [1.29, 1.82) is 0 Å². The van der Waals surface area contributed by atoms with Crippen molar-refractivity contribution >= 4 is 18.1 Å². The van der Waals surface area contributed by atoms with Crippen LogP contribution < -0.4 is 4.74 Å². The molecule has 7 heteroatoms. The smallest absolute Gasteiger partial charge is 0.251 e. The number of ether oxygens (including phenoxy) is 1. The molecule has 1 heterocycles. The maximum atomic E-state index is 12.9. The molecule has 0 fully saturated rings. The second-order valence-electron chi connectivity index (χ2n) is 6.88. The lowest BCUT2D eigenvalue weighted by atomic mass is 9.99. The van der Waals surface area contributed by atoms with E-state index < -0.39 is 0 Å². The Balaban J connectivity index is 2.30. The number of amides is 2. The Bertz CT molecular complexity index is 770. The summed E-state index contributed by atoms with van der Waals surface area (Å²) < 4.78 is 5.74. The number of hydrogen-bond donors (Lipinski definition) is 1. The zero-order chi connectivity index (χ0) is 20.1. The summed E-state index contributed by atoms with van der Waals surface area (Å²) in [5.74, 6) is -0.112. The molecule has 146 valence electrons. The quantitative estimate of drug-likeness (QED) is 0.770. The van der Waals surface area contributed by atoms with Crippen LogP contribution in [0.3, 0.4) is 0 Å². The van der Waals surface area contributed by atoms with E-state index in [9.17, 15) is 19.5 Å². The van der Waals surface area contributed by atoms with E-state index in [0.717, 1.165) is 5.57 Å². The monoisotopic (exact) mass is 374 g/mol. The van der Waals surface area contributed by atoms with Crippen LogP contribution in [0.4, 0.5) is 0 Å². The second kappa shape index (κ2) is 8.70. The third-order valence-electron chi connectivity index (χ3n) is 4.82. The third-order valence-corrected chi connectivity index (χ3v) is 4.82. The largest absolute Gasteiger partial charge is 0.507 e. The van der Waals surface area contributed by atoms with Crippen molar-refractivity contribution in [3.63, 3.8) is 0 Å². The standard InChI is InChI=1S/C20H26N2O5/c1-13(2)21(4)20(26)16-10-22(14(3)24)9-8-15(16)12-27-19-7-5-6-18(25)17(19)11-23/h5-7,11,13,25H,8-10,12H2,1-4H3. The van der Waals surface area contributed by atoms with Crippen molar-refractivity contribution in [2.24, 2.45) is 0 Å². The highest BCUT2D eigenvalue weighted by Crippen LogP contribution is 2.27. The highest BCUT2D eigenvalue weighted by molar-refractivity contribution is 5.95. The van der Waals surface area contributed by atoms with Crippen molar-refractivity contribution in [1.82, 2.24) is 9.80 Å². The van der Waals surface area contributed by atoms with Gasteiger partial charge in [-0.15, -0.1) is 0 Å². The molecule has 2 amide bonds. The summed E-state index contributed by atoms with van der Waals surface area (Å²) in [6.45, 7) is 6.19. The minimum atomic E-state index is -0.154. The number of phenols is 1. The Morgan fingerprint density at radius 1 is 1.37 bits per heavy atom. The molecule has 0 saturated heterocycles. The number of hydrogen-bond acceptors (Lipinski definition) is 5. The van der Waals surface area contributed by atoms with E-state index >= 15 is 0 Å². The summed E-state index contributed by atoms with van der Waals surface area (Å²) >= 11 is 0. The van der Waals surface area contributed by atoms with E-state index in [0.29, 0.717) is 24.8 Å². The van der Waals surface area contributed by atoms with Crippen LogP contribution >= 0.6 is 0 Å². The van der Waals surface area contributed by atoms with Gasteiger partial charge in [0.1, 0.15) is 18.1 Å². The second-order valence-corrected chi connectivity index (χ2v) is 6.88. The summed E-state index contributed by atoms with van der Waals surface area (Å²) in [5.41, 5.74) is 1.41. The molecule has 0 aromatic heterocycles. The van der Waals surface area contributed by atoms with Gasteiger partial charge in [-0.3, -0.25) is 14.4 Å².